The van der Waals surface area contributed by atoms with E-state index in [-0.39, 0.29) is 12.4 Å². The summed E-state index contributed by atoms with van der Waals surface area (Å²) in [6.07, 6.45) is 6.35. The van der Waals surface area contributed by atoms with E-state index in [0.717, 1.165) is 6.54 Å². The average Bonchev–Trinajstić information content (AvgIpc) is 1.77. The fourth-order valence-corrected chi connectivity index (χ4v) is 0.698. The number of nitrogens with zero attached hydrogens (tertiary/aromatic N) is 1. The van der Waals surface area contributed by atoms with Gasteiger partial charge in [0.15, 0.2) is 0 Å². The minimum atomic E-state index is 0. The van der Waals surface area contributed by atoms with Crippen LogP contribution in [-0.2, 0) is 0 Å². The van der Waals surface area contributed by atoms with Crippen molar-refractivity contribution < 1.29 is 12.4 Å². The minimum absolute atomic E-state index is 0. The molecule has 1 aliphatic rings. The highest BCUT2D eigenvalue weighted by atomic mass is 35.5. The van der Waals surface area contributed by atoms with Gasteiger partial charge in [0.05, 0.1) is 0 Å². The molecule has 9 heavy (non-hydrogen) atoms. The lowest BCUT2D eigenvalue weighted by molar-refractivity contribution is -0.00000175. The van der Waals surface area contributed by atoms with E-state index in [1.807, 2.05) is 0 Å². The van der Waals surface area contributed by atoms with Crippen molar-refractivity contribution in [2.24, 2.45) is 0 Å². The Bertz CT molecular complexity index is 138. The van der Waals surface area contributed by atoms with E-state index in [2.05, 4.69) is 37.1 Å². The second-order valence-electron chi connectivity index (χ2n) is 2.12. The van der Waals surface area contributed by atoms with Crippen molar-refractivity contribution in [3.8, 4) is 0 Å². The number of hydrogen-bond acceptors (Lipinski definition) is 1. The second kappa shape index (κ2) is 3.57. The number of hydrogen-bond donors (Lipinski definition) is 0. The van der Waals surface area contributed by atoms with E-state index in [1.165, 1.54) is 5.70 Å². The SMILES string of the molecule is CC1=CC=CCN1C.[Cl-]. The summed E-state index contributed by atoms with van der Waals surface area (Å²) in [5.74, 6) is 0. The van der Waals surface area contributed by atoms with Crippen molar-refractivity contribution in [2.45, 2.75) is 6.92 Å². The van der Waals surface area contributed by atoms with Gasteiger partial charge in [0.1, 0.15) is 0 Å². The van der Waals surface area contributed by atoms with Gasteiger partial charge in [0.25, 0.3) is 0 Å². The third kappa shape index (κ3) is 2.10. The smallest absolute Gasteiger partial charge is 0.0356 e. The van der Waals surface area contributed by atoms with Gasteiger partial charge in [-0.1, -0.05) is 12.2 Å². The first-order valence-corrected chi connectivity index (χ1v) is 2.85. The zero-order valence-corrected chi connectivity index (χ0v) is 6.52. The van der Waals surface area contributed by atoms with Crippen molar-refractivity contribution in [1.29, 1.82) is 0 Å². The molecule has 0 bridgehead atoms. The summed E-state index contributed by atoms with van der Waals surface area (Å²) in [7, 11) is 2.09. The van der Waals surface area contributed by atoms with Crippen molar-refractivity contribution >= 4 is 0 Å². The number of rotatable bonds is 0. The quantitative estimate of drug-likeness (QED) is 0.396. The van der Waals surface area contributed by atoms with Crippen molar-refractivity contribution in [3.05, 3.63) is 23.9 Å². The molecule has 0 radical (unpaired) electrons. The normalized spacial score (nSPS) is 16.7. The summed E-state index contributed by atoms with van der Waals surface area (Å²) in [5.41, 5.74) is 1.34. The lowest BCUT2D eigenvalue weighted by atomic mass is 10.3. The maximum absolute atomic E-state index is 2.21. The molecular weight excluding hydrogens is 134 g/mol. The van der Waals surface area contributed by atoms with Gasteiger partial charge in [-0.05, 0) is 13.0 Å². The Hall–Kier alpha value is -0.430. The predicted octanol–water partition coefficient (Wildman–Crippen LogP) is -1.60. The van der Waals surface area contributed by atoms with Gasteiger partial charge < -0.3 is 17.3 Å². The zero-order chi connectivity index (χ0) is 5.98. The van der Waals surface area contributed by atoms with Crippen LogP contribution in [0.3, 0.4) is 0 Å². The summed E-state index contributed by atoms with van der Waals surface area (Å²) < 4.78 is 0. The molecule has 0 saturated heterocycles. The second-order valence-corrected chi connectivity index (χ2v) is 2.12. The number of halogens is 1. The standard InChI is InChI=1S/C7H11N.ClH/c1-7-5-3-4-6-8(7)2;/h3-5H,6H2,1-2H3;1H/p-1. The monoisotopic (exact) mass is 144 g/mol. The van der Waals surface area contributed by atoms with Crippen molar-refractivity contribution in [2.75, 3.05) is 13.6 Å². The summed E-state index contributed by atoms with van der Waals surface area (Å²) in [6.45, 7) is 3.17. The Balaban J connectivity index is 0.000000640. The minimum Gasteiger partial charge on any atom is -1.00 e. The van der Waals surface area contributed by atoms with Gasteiger partial charge in [-0.3, -0.25) is 0 Å². The van der Waals surface area contributed by atoms with Gasteiger partial charge in [-0.15, -0.1) is 0 Å². The van der Waals surface area contributed by atoms with Crippen LogP contribution in [-0.4, -0.2) is 18.5 Å². The highest BCUT2D eigenvalue weighted by Gasteiger charge is 1.96. The highest BCUT2D eigenvalue weighted by molar-refractivity contribution is 5.14. The molecule has 2 heteroatoms. The fourth-order valence-electron chi connectivity index (χ4n) is 0.698. The number of allylic oxidation sites excluding steroid dienone is 3. The Morgan fingerprint density at radius 1 is 1.56 bits per heavy atom. The molecular formula is C7H11ClN-. The van der Waals surface area contributed by atoms with E-state index in [4.69, 9.17) is 0 Å². The Kier molecular flexibility index (Phi) is 3.40. The molecule has 0 aromatic carbocycles. The molecule has 0 atom stereocenters. The van der Waals surface area contributed by atoms with Crippen LogP contribution in [0.2, 0.25) is 0 Å². The third-order valence-corrected chi connectivity index (χ3v) is 1.45. The van der Waals surface area contributed by atoms with Crippen LogP contribution < -0.4 is 12.4 Å². The molecule has 0 saturated carbocycles. The van der Waals surface area contributed by atoms with Crippen LogP contribution in [0.15, 0.2) is 23.9 Å². The molecule has 1 heterocycles. The molecule has 52 valence electrons. The first-order chi connectivity index (χ1) is 3.80. The summed E-state index contributed by atoms with van der Waals surface area (Å²) >= 11 is 0. The molecule has 1 rings (SSSR count). The van der Waals surface area contributed by atoms with E-state index in [0.29, 0.717) is 0 Å². The molecule has 0 aliphatic carbocycles. The molecule has 0 N–H and O–H groups in total. The van der Waals surface area contributed by atoms with Gasteiger partial charge >= 0.3 is 0 Å². The molecule has 0 aromatic heterocycles. The average molecular weight is 145 g/mol. The summed E-state index contributed by atoms with van der Waals surface area (Å²) in [4.78, 5) is 2.21. The predicted molar refractivity (Wildman–Crippen MR) is 35.5 cm³/mol. The van der Waals surface area contributed by atoms with Gasteiger partial charge in [-0.25, -0.2) is 0 Å². The van der Waals surface area contributed by atoms with E-state index in [9.17, 15) is 0 Å². The molecule has 0 fully saturated rings. The summed E-state index contributed by atoms with van der Waals surface area (Å²) in [5, 5.41) is 0. The van der Waals surface area contributed by atoms with E-state index >= 15 is 0 Å². The molecule has 0 amide bonds. The zero-order valence-electron chi connectivity index (χ0n) is 5.76. The van der Waals surface area contributed by atoms with Crippen LogP contribution in [0.1, 0.15) is 6.92 Å². The maximum Gasteiger partial charge on any atom is 0.0356 e. The molecule has 0 unspecified atom stereocenters. The molecule has 1 nitrogen and oxygen atoms in total. The van der Waals surface area contributed by atoms with Gasteiger partial charge in [0.2, 0.25) is 0 Å². The molecule has 1 aliphatic heterocycles. The van der Waals surface area contributed by atoms with Crippen molar-refractivity contribution in [1.82, 2.24) is 4.90 Å². The first-order valence-electron chi connectivity index (χ1n) is 2.85. The van der Waals surface area contributed by atoms with Gasteiger partial charge in [-0.2, -0.15) is 0 Å². The van der Waals surface area contributed by atoms with Crippen LogP contribution in [0.25, 0.3) is 0 Å². The lowest BCUT2D eigenvalue weighted by Gasteiger charge is -2.19. The summed E-state index contributed by atoms with van der Waals surface area (Å²) in [6, 6.07) is 0. The van der Waals surface area contributed by atoms with Crippen molar-refractivity contribution in [3.63, 3.8) is 0 Å². The third-order valence-electron chi connectivity index (χ3n) is 1.45. The maximum atomic E-state index is 2.21. The van der Waals surface area contributed by atoms with Crippen LogP contribution in [0, 0.1) is 0 Å². The van der Waals surface area contributed by atoms with Crippen LogP contribution in [0.4, 0.5) is 0 Å². The van der Waals surface area contributed by atoms with Gasteiger partial charge in [0, 0.05) is 19.3 Å². The Labute approximate surface area is 62.5 Å². The van der Waals surface area contributed by atoms with Crippen LogP contribution >= 0.6 is 0 Å². The van der Waals surface area contributed by atoms with E-state index in [1.54, 1.807) is 0 Å². The molecule has 0 aromatic rings. The topological polar surface area (TPSA) is 3.24 Å². The Morgan fingerprint density at radius 3 is 2.56 bits per heavy atom. The Morgan fingerprint density at radius 2 is 2.22 bits per heavy atom. The van der Waals surface area contributed by atoms with E-state index < -0.39 is 0 Å². The first kappa shape index (κ1) is 8.57. The van der Waals surface area contributed by atoms with Crippen LogP contribution in [0.5, 0.6) is 0 Å². The number of likely N-dealkylation sites (N-methyl/N-ethyl adjacent to an activating group) is 1. The highest BCUT2D eigenvalue weighted by Crippen LogP contribution is 2.03. The lowest BCUT2D eigenvalue weighted by Crippen LogP contribution is -3.00. The largest absolute Gasteiger partial charge is 1.00 e. The molecule has 0 spiro atoms. The fraction of sp³-hybridized carbons (Fsp3) is 0.429.